The van der Waals surface area contributed by atoms with Gasteiger partial charge >= 0.3 is 5.97 Å². The van der Waals surface area contributed by atoms with E-state index in [-0.39, 0.29) is 5.78 Å². The normalized spacial score (nSPS) is 14.5. The molecule has 0 unspecified atom stereocenters. The third-order valence-electron chi connectivity index (χ3n) is 3.18. The van der Waals surface area contributed by atoms with E-state index < -0.39 is 5.97 Å². The average Bonchev–Trinajstić information content (AvgIpc) is 2.48. The highest BCUT2D eigenvalue weighted by atomic mass is 16.5. The summed E-state index contributed by atoms with van der Waals surface area (Å²) in [6.45, 7) is 3.91. The Balaban J connectivity index is 2.24. The number of allylic oxidation sites excluding steroid dienone is 3. The van der Waals surface area contributed by atoms with Crippen molar-refractivity contribution in [2.45, 2.75) is 26.7 Å². The molecule has 1 aliphatic carbocycles. The maximum atomic E-state index is 12.1. The maximum absolute atomic E-state index is 12.1. The second-order valence-electron chi connectivity index (χ2n) is 4.70. The van der Waals surface area contributed by atoms with Gasteiger partial charge in [-0.05, 0) is 32.4 Å². The van der Waals surface area contributed by atoms with Crippen molar-refractivity contribution < 1.29 is 19.1 Å². The number of Topliss-reactive ketones (excluding diaryl/α,β-unsaturated/α-hetero) is 1. The van der Waals surface area contributed by atoms with Crippen LogP contribution in [0, 0.1) is 0 Å². The Morgan fingerprint density at radius 1 is 1.14 bits per heavy atom. The summed E-state index contributed by atoms with van der Waals surface area (Å²) < 4.78 is 10.8. The van der Waals surface area contributed by atoms with Gasteiger partial charge in [0.15, 0.2) is 5.78 Å². The van der Waals surface area contributed by atoms with Crippen LogP contribution >= 0.6 is 0 Å². The lowest BCUT2D eigenvalue weighted by molar-refractivity contribution is -0.113. The first-order chi connectivity index (χ1) is 10.1. The number of rotatable bonds is 5. The zero-order chi connectivity index (χ0) is 15.2. The topological polar surface area (TPSA) is 52.6 Å². The Kier molecular flexibility index (Phi) is 4.93. The SMILES string of the molecule is CCOC1=CC(OC(=O)c2ccccc2)=C(C(C)=O)CC1. The highest BCUT2D eigenvalue weighted by molar-refractivity contribution is 5.96. The van der Waals surface area contributed by atoms with E-state index in [1.807, 2.05) is 13.0 Å². The Morgan fingerprint density at radius 3 is 2.48 bits per heavy atom. The molecule has 2 rings (SSSR count). The van der Waals surface area contributed by atoms with Gasteiger partial charge in [-0.2, -0.15) is 0 Å². The molecule has 1 aliphatic rings. The van der Waals surface area contributed by atoms with Crippen molar-refractivity contribution >= 4 is 11.8 Å². The van der Waals surface area contributed by atoms with Crippen LogP contribution in [-0.4, -0.2) is 18.4 Å². The number of ketones is 1. The summed E-state index contributed by atoms with van der Waals surface area (Å²) in [7, 11) is 0. The Morgan fingerprint density at radius 2 is 1.86 bits per heavy atom. The monoisotopic (exact) mass is 286 g/mol. The molecule has 0 aromatic heterocycles. The minimum absolute atomic E-state index is 0.0855. The zero-order valence-corrected chi connectivity index (χ0v) is 12.2. The zero-order valence-electron chi connectivity index (χ0n) is 12.2. The molecule has 1 aromatic carbocycles. The van der Waals surface area contributed by atoms with Crippen molar-refractivity contribution in [1.29, 1.82) is 0 Å². The molecule has 0 saturated heterocycles. The van der Waals surface area contributed by atoms with Gasteiger partial charge in [-0.1, -0.05) is 18.2 Å². The molecule has 0 atom stereocenters. The van der Waals surface area contributed by atoms with E-state index in [0.29, 0.717) is 36.3 Å². The summed E-state index contributed by atoms with van der Waals surface area (Å²) in [5.74, 6) is 0.473. The second-order valence-corrected chi connectivity index (χ2v) is 4.70. The number of ether oxygens (including phenoxy) is 2. The third kappa shape index (κ3) is 3.81. The van der Waals surface area contributed by atoms with Gasteiger partial charge in [-0.3, -0.25) is 4.79 Å². The van der Waals surface area contributed by atoms with Crippen LogP contribution in [0.4, 0.5) is 0 Å². The van der Waals surface area contributed by atoms with Crippen molar-refractivity contribution in [1.82, 2.24) is 0 Å². The van der Waals surface area contributed by atoms with Crippen molar-refractivity contribution in [3.63, 3.8) is 0 Å². The lowest BCUT2D eigenvalue weighted by Crippen LogP contribution is -2.13. The third-order valence-corrected chi connectivity index (χ3v) is 3.18. The number of carbonyl (C=O) groups excluding carboxylic acids is 2. The van der Waals surface area contributed by atoms with Gasteiger partial charge in [-0.25, -0.2) is 4.79 Å². The lowest BCUT2D eigenvalue weighted by Gasteiger charge is -2.18. The Hall–Kier alpha value is -2.36. The van der Waals surface area contributed by atoms with Crippen molar-refractivity contribution in [3.8, 4) is 0 Å². The van der Waals surface area contributed by atoms with Crippen LogP contribution in [0.3, 0.4) is 0 Å². The van der Waals surface area contributed by atoms with Crippen LogP contribution in [0.5, 0.6) is 0 Å². The molecular formula is C17H18O4. The van der Waals surface area contributed by atoms with Crippen LogP contribution in [-0.2, 0) is 14.3 Å². The highest BCUT2D eigenvalue weighted by Gasteiger charge is 2.21. The molecule has 4 nitrogen and oxygen atoms in total. The first-order valence-electron chi connectivity index (χ1n) is 6.96. The van der Waals surface area contributed by atoms with Gasteiger partial charge in [0.1, 0.15) is 5.76 Å². The quantitative estimate of drug-likeness (QED) is 0.778. The first kappa shape index (κ1) is 15.0. The number of benzene rings is 1. The fourth-order valence-corrected chi connectivity index (χ4v) is 2.15. The minimum Gasteiger partial charge on any atom is -0.498 e. The molecule has 0 amide bonds. The number of hydrogen-bond donors (Lipinski definition) is 0. The summed E-state index contributed by atoms with van der Waals surface area (Å²) in [4.78, 5) is 23.8. The molecule has 0 N–H and O–H groups in total. The van der Waals surface area contributed by atoms with Gasteiger partial charge in [0.05, 0.1) is 17.9 Å². The summed E-state index contributed by atoms with van der Waals surface area (Å²) in [5, 5.41) is 0. The van der Waals surface area contributed by atoms with Crippen molar-refractivity contribution in [3.05, 3.63) is 59.1 Å². The van der Waals surface area contributed by atoms with E-state index in [9.17, 15) is 9.59 Å². The van der Waals surface area contributed by atoms with Crippen LogP contribution in [0.1, 0.15) is 37.0 Å². The van der Waals surface area contributed by atoms with Gasteiger partial charge in [-0.15, -0.1) is 0 Å². The van der Waals surface area contributed by atoms with Crippen LogP contribution in [0.2, 0.25) is 0 Å². The molecular weight excluding hydrogens is 268 g/mol. The molecule has 110 valence electrons. The summed E-state index contributed by atoms with van der Waals surface area (Å²) in [5.41, 5.74) is 0.979. The lowest BCUT2D eigenvalue weighted by atomic mass is 9.99. The molecule has 0 fully saturated rings. The van der Waals surface area contributed by atoms with E-state index >= 15 is 0 Å². The van der Waals surface area contributed by atoms with E-state index in [4.69, 9.17) is 9.47 Å². The van der Waals surface area contributed by atoms with Gasteiger partial charge in [0.2, 0.25) is 0 Å². The molecule has 21 heavy (non-hydrogen) atoms. The smallest absolute Gasteiger partial charge is 0.343 e. The van der Waals surface area contributed by atoms with Crippen LogP contribution in [0.25, 0.3) is 0 Å². The number of esters is 1. The first-order valence-corrected chi connectivity index (χ1v) is 6.96. The van der Waals surface area contributed by atoms with Gasteiger partial charge in [0, 0.05) is 18.1 Å². The molecule has 1 aromatic rings. The number of carbonyl (C=O) groups is 2. The molecule has 0 spiro atoms. The van der Waals surface area contributed by atoms with Gasteiger partial charge in [0.25, 0.3) is 0 Å². The molecule has 0 aliphatic heterocycles. The Labute approximate surface area is 124 Å². The number of hydrogen-bond acceptors (Lipinski definition) is 4. The maximum Gasteiger partial charge on any atom is 0.343 e. The van der Waals surface area contributed by atoms with Crippen molar-refractivity contribution in [2.24, 2.45) is 0 Å². The Bertz CT molecular complexity index is 596. The van der Waals surface area contributed by atoms with Crippen LogP contribution in [0.15, 0.2) is 53.5 Å². The predicted molar refractivity (Wildman–Crippen MR) is 78.5 cm³/mol. The standard InChI is InChI=1S/C17H18O4/c1-3-20-14-9-10-15(12(2)18)16(11-14)21-17(19)13-7-5-4-6-8-13/h4-8,11H,3,9-10H2,1-2H3. The second kappa shape index (κ2) is 6.88. The largest absolute Gasteiger partial charge is 0.498 e. The minimum atomic E-state index is -0.474. The summed E-state index contributed by atoms with van der Waals surface area (Å²) >= 11 is 0. The summed E-state index contributed by atoms with van der Waals surface area (Å²) in [6.07, 6.45) is 2.82. The van der Waals surface area contributed by atoms with E-state index in [0.717, 1.165) is 5.76 Å². The fourth-order valence-electron chi connectivity index (χ4n) is 2.15. The molecule has 0 saturated carbocycles. The fraction of sp³-hybridized carbons (Fsp3) is 0.294. The molecule has 4 heteroatoms. The molecule has 0 heterocycles. The van der Waals surface area contributed by atoms with Crippen LogP contribution < -0.4 is 0 Å². The average molecular weight is 286 g/mol. The molecule has 0 radical (unpaired) electrons. The van der Waals surface area contributed by atoms with E-state index in [1.165, 1.54) is 6.92 Å². The van der Waals surface area contributed by atoms with E-state index in [2.05, 4.69) is 0 Å². The van der Waals surface area contributed by atoms with Gasteiger partial charge < -0.3 is 9.47 Å². The predicted octanol–water partition coefficient (Wildman–Crippen LogP) is 3.40. The molecule has 0 bridgehead atoms. The van der Waals surface area contributed by atoms with Crippen molar-refractivity contribution in [2.75, 3.05) is 6.61 Å². The summed E-state index contributed by atoms with van der Waals surface area (Å²) in [6, 6.07) is 8.70. The highest BCUT2D eigenvalue weighted by Crippen LogP contribution is 2.27. The van der Waals surface area contributed by atoms with E-state index in [1.54, 1.807) is 30.3 Å².